The van der Waals surface area contributed by atoms with Gasteiger partial charge in [0.2, 0.25) is 15.9 Å². The lowest BCUT2D eigenvalue weighted by Crippen LogP contribution is -2.47. The average molecular weight is 380 g/mol. The highest BCUT2D eigenvalue weighted by Crippen LogP contribution is 2.31. The summed E-state index contributed by atoms with van der Waals surface area (Å²) in [5.74, 6) is -1.91. The molecular weight excluding hydrogens is 356 g/mol. The first-order valence-corrected chi connectivity index (χ1v) is 10.5. The smallest absolute Gasteiger partial charge is 0.312 e. The Bertz CT molecular complexity index is 800. The summed E-state index contributed by atoms with van der Waals surface area (Å²) >= 11 is 0. The van der Waals surface area contributed by atoms with E-state index < -0.39 is 21.9 Å². The van der Waals surface area contributed by atoms with Gasteiger partial charge in [-0.2, -0.15) is 0 Å². The van der Waals surface area contributed by atoms with Crippen LogP contribution in [-0.2, 0) is 26.2 Å². The summed E-state index contributed by atoms with van der Waals surface area (Å²) in [6, 6.07) is 7.33. The number of benzene rings is 1. The lowest BCUT2D eigenvalue weighted by atomic mass is 9.88. The van der Waals surface area contributed by atoms with Gasteiger partial charge in [0, 0.05) is 32.1 Å². The predicted molar refractivity (Wildman–Crippen MR) is 96.0 cm³/mol. The van der Waals surface area contributed by atoms with Crippen LogP contribution in [0.3, 0.4) is 0 Å². The molecule has 1 amide bonds. The van der Waals surface area contributed by atoms with Crippen molar-refractivity contribution in [3.8, 4) is 0 Å². The maximum absolute atomic E-state index is 12.9. The van der Waals surface area contributed by atoms with Crippen molar-refractivity contribution in [2.75, 3.05) is 25.4 Å². The van der Waals surface area contributed by atoms with E-state index in [1.54, 1.807) is 11.8 Å². The third-order valence-corrected chi connectivity index (χ3v) is 7.25. The Labute approximate surface area is 153 Å². The molecule has 0 saturated carbocycles. The van der Waals surface area contributed by atoms with Gasteiger partial charge in [0.1, 0.15) is 0 Å². The fraction of sp³-hybridized carbons (Fsp3) is 0.556. The minimum atomic E-state index is -3.22. The first-order chi connectivity index (χ1) is 12.3. The molecule has 1 aromatic rings. The molecule has 142 valence electrons. The maximum Gasteiger partial charge on any atom is 0.312 e. The topological polar surface area (TPSA) is 95.0 Å². The van der Waals surface area contributed by atoms with Crippen LogP contribution in [-0.4, -0.2) is 60.0 Å². The fourth-order valence-electron chi connectivity index (χ4n) is 3.81. The first kappa shape index (κ1) is 18.8. The number of hydrogen-bond acceptors (Lipinski definition) is 4. The van der Waals surface area contributed by atoms with Crippen molar-refractivity contribution >= 4 is 21.9 Å². The molecule has 2 aliphatic heterocycles. The summed E-state index contributed by atoms with van der Waals surface area (Å²) < 4.78 is 25.4. The molecule has 1 unspecified atom stereocenters. The molecule has 8 heteroatoms. The molecule has 0 radical (unpaired) electrons. The average Bonchev–Trinajstić information content (AvgIpc) is 2.66. The SMILES string of the molecule is CCS(=O)(=O)N1CCC(C(=O)N2Cc3ccccc3C(C(=O)O)C2)CC1. The summed E-state index contributed by atoms with van der Waals surface area (Å²) in [4.78, 5) is 26.2. The van der Waals surface area contributed by atoms with E-state index in [0.29, 0.717) is 32.5 Å². The van der Waals surface area contributed by atoms with Crippen LogP contribution in [0.5, 0.6) is 0 Å². The van der Waals surface area contributed by atoms with E-state index in [0.717, 1.165) is 11.1 Å². The molecular formula is C18H24N2O5S. The van der Waals surface area contributed by atoms with Crippen molar-refractivity contribution in [2.45, 2.75) is 32.2 Å². The van der Waals surface area contributed by atoms with Gasteiger partial charge in [-0.1, -0.05) is 24.3 Å². The van der Waals surface area contributed by atoms with Gasteiger partial charge in [0.15, 0.2) is 0 Å². The highest BCUT2D eigenvalue weighted by atomic mass is 32.2. The molecule has 1 N–H and O–H groups in total. The number of carboxylic acids is 1. The molecule has 3 rings (SSSR count). The summed E-state index contributed by atoms with van der Waals surface area (Å²) in [5.41, 5.74) is 1.64. The van der Waals surface area contributed by atoms with Crippen molar-refractivity contribution in [2.24, 2.45) is 5.92 Å². The predicted octanol–water partition coefficient (Wildman–Crippen LogP) is 1.26. The van der Waals surface area contributed by atoms with Gasteiger partial charge in [-0.3, -0.25) is 9.59 Å². The number of carbonyl (C=O) groups excluding carboxylic acids is 1. The van der Waals surface area contributed by atoms with E-state index in [1.165, 1.54) is 4.31 Å². The number of aliphatic carboxylic acids is 1. The Morgan fingerprint density at radius 1 is 1.19 bits per heavy atom. The second-order valence-electron chi connectivity index (χ2n) is 6.88. The minimum Gasteiger partial charge on any atom is -0.481 e. The number of sulfonamides is 1. The van der Waals surface area contributed by atoms with E-state index >= 15 is 0 Å². The van der Waals surface area contributed by atoms with Crippen LogP contribution < -0.4 is 0 Å². The molecule has 1 fully saturated rings. The summed E-state index contributed by atoms with van der Waals surface area (Å²) in [6.07, 6.45) is 0.960. The molecule has 0 bridgehead atoms. The highest BCUT2D eigenvalue weighted by molar-refractivity contribution is 7.89. The summed E-state index contributed by atoms with van der Waals surface area (Å²) in [7, 11) is -3.22. The molecule has 26 heavy (non-hydrogen) atoms. The minimum absolute atomic E-state index is 0.0643. The third-order valence-electron chi connectivity index (χ3n) is 5.37. The Hall–Kier alpha value is -1.93. The van der Waals surface area contributed by atoms with Crippen LogP contribution in [0.4, 0.5) is 0 Å². The van der Waals surface area contributed by atoms with E-state index in [9.17, 15) is 23.1 Å². The number of carbonyl (C=O) groups is 2. The van der Waals surface area contributed by atoms with Gasteiger partial charge in [-0.15, -0.1) is 0 Å². The molecule has 2 aliphatic rings. The highest BCUT2D eigenvalue weighted by Gasteiger charge is 2.37. The molecule has 1 aromatic carbocycles. The second-order valence-corrected chi connectivity index (χ2v) is 9.14. The lowest BCUT2D eigenvalue weighted by molar-refractivity contribution is -0.143. The van der Waals surface area contributed by atoms with Crippen molar-refractivity contribution in [1.29, 1.82) is 0 Å². The van der Waals surface area contributed by atoms with Gasteiger partial charge in [-0.05, 0) is 30.9 Å². The quantitative estimate of drug-likeness (QED) is 0.848. The van der Waals surface area contributed by atoms with Gasteiger partial charge in [-0.25, -0.2) is 12.7 Å². The van der Waals surface area contributed by atoms with Crippen LogP contribution in [0.2, 0.25) is 0 Å². The molecule has 0 aromatic heterocycles. The number of hydrogen-bond donors (Lipinski definition) is 1. The van der Waals surface area contributed by atoms with Crippen LogP contribution in [0, 0.1) is 5.92 Å². The van der Waals surface area contributed by atoms with Crippen molar-refractivity contribution in [3.63, 3.8) is 0 Å². The Kier molecular flexibility index (Phi) is 5.34. The van der Waals surface area contributed by atoms with Crippen LogP contribution in [0.25, 0.3) is 0 Å². The second kappa shape index (κ2) is 7.36. The lowest BCUT2D eigenvalue weighted by Gasteiger charge is -2.37. The van der Waals surface area contributed by atoms with Crippen LogP contribution >= 0.6 is 0 Å². The van der Waals surface area contributed by atoms with Gasteiger partial charge < -0.3 is 10.0 Å². The van der Waals surface area contributed by atoms with E-state index in [1.807, 2.05) is 24.3 Å². The maximum atomic E-state index is 12.9. The molecule has 1 atom stereocenters. The number of rotatable bonds is 4. The molecule has 2 heterocycles. The Morgan fingerprint density at radius 3 is 2.46 bits per heavy atom. The van der Waals surface area contributed by atoms with Crippen molar-refractivity contribution in [3.05, 3.63) is 35.4 Å². The third kappa shape index (κ3) is 3.61. The van der Waals surface area contributed by atoms with Crippen molar-refractivity contribution < 1.29 is 23.1 Å². The van der Waals surface area contributed by atoms with E-state index in [4.69, 9.17) is 0 Å². The monoisotopic (exact) mass is 380 g/mol. The van der Waals surface area contributed by atoms with Gasteiger partial charge in [0.05, 0.1) is 11.7 Å². The van der Waals surface area contributed by atoms with E-state index in [2.05, 4.69) is 0 Å². The zero-order chi connectivity index (χ0) is 18.9. The summed E-state index contributed by atoms with van der Waals surface area (Å²) in [5, 5.41) is 9.53. The zero-order valence-electron chi connectivity index (χ0n) is 14.8. The normalized spacial score (nSPS) is 22.0. The molecule has 7 nitrogen and oxygen atoms in total. The summed E-state index contributed by atoms with van der Waals surface area (Å²) in [6.45, 7) is 2.88. The van der Waals surface area contributed by atoms with E-state index in [-0.39, 0.29) is 24.1 Å². The van der Waals surface area contributed by atoms with Crippen LogP contribution in [0.1, 0.15) is 36.8 Å². The Balaban J connectivity index is 1.71. The molecule has 0 spiro atoms. The number of fused-ring (bicyclic) bond motifs is 1. The van der Waals surface area contributed by atoms with Gasteiger partial charge >= 0.3 is 5.97 Å². The number of piperidine rings is 1. The Morgan fingerprint density at radius 2 is 1.85 bits per heavy atom. The number of amides is 1. The number of carboxylic acid groups (broad SMARTS) is 1. The molecule has 1 saturated heterocycles. The number of nitrogens with zero attached hydrogens (tertiary/aromatic N) is 2. The fourth-order valence-corrected chi connectivity index (χ4v) is 4.94. The van der Waals surface area contributed by atoms with Crippen molar-refractivity contribution in [1.82, 2.24) is 9.21 Å². The van der Waals surface area contributed by atoms with Gasteiger partial charge in [0.25, 0.3) is 0 Å². The molecule has 0 aliphatic carbocycles. The largest absolute Gasteiger partial charge is 0.481 e. The van der Waals surface area contributed by atoms with Crippen LogP contribution in [0.15, 0.2) is 24.3 Å². The zero-order valence-corrected chi connectivity index (χ0v) is 15.6. The standard InChI is InChI=1S/C18H24N2O5S/c1-2-26(24,25)20-9-7-13(8-10-20)17(21)19-11-14-5-3-4-6-15(14)16(12-19)18(22)23/h3-6,13,16H,2,7-12H2,1H3,(H,22,23). The first-order valence-electron chi connectivity index (χ1n) is 8.90.